The summed E-state index contributed by atoms with van der Waals surface area (Å²) in [7, 11) is 0. The molecule has 0 saturated heterocycles. The van der Waals surface area contributed by atoms with Crippen LogP contribution in [0.4, 0.5) is 5.69 Å². The minimum absolute atomic E-state index is 0.0209. The number of carbonyl (C=O) groups is 1. The highest BCUT2D eigenvalue weighted by Crippen LogP contribution is 2.31. The zero-order valence-corrected chi connectivity index (χ0v) is 14.6. The lowest BCUT2D eigenvalue weighted by Gasteiger charge is -2.16. The second-order valence-electron chi connectivity index (χ2n) is 5.84. The normalized spacial score (nSPS) is 12.9. The van der Waals surface area contributed by atoms with Gasteiger partial charge < -0.3 is 9.64 Å². The number of amides is 1. The Hall–Kier alpha value is -2.73. The number of fused-ring (bicyclic) bond motifs is 1. The number of aromatic nitrogens is 2. The molecule has 6 heteroatoms. The molecule has 0 atom stereocenters. The number of thiazole rings is 1. The largest absolute Gasteiger partial charge is 0.485 e. The van der Waals surface area contributed by atoms with E-state index in [4.69, 9.17) is 4.74 Å². The van der Waals surface area contributed by atoms with Gasteiger partial charge in [0.25, 0.3) is 5.91 Å². The number of para-hydroxylation sites is 1. The summed E-state index contributed by atoms with van der Waals surface area (Å²) in [6, 6.07) is 11.7. The monoisotopic (exact) mass is 351 g/mol. The van der Waals surface area contributed by atoms with Crippen LogP contribution >= 0.6 is 11.3 Å². The van der Waals surface area contributed by atoms with Crippen LogP contribution in [0.1, 0.15) is 25.9 Å². The Balaban J connectivity index is 1.51. The fraction of sp³-hybridized carbons (Fsp3) is 0.211. The second-order valence-corrected chi connectivity index (χ2v) is 6.92. The fourth-order valence-corrected chi connectivity index (χ4v) is 3.89. The molecule has 4 rings (SSSR count). The summed E-state index contributed by atoms with van der Waals surface area (Å²) in [5.41, 5.74) is 2.98. The zero-order chi connectivity index (χ0) is 17.2. The van der Waals surface area contributed by atoms with E-state index in [1.165, 1.54) is 16.9 Å². The van der Waals surface area contributed by atoms with E-state index in [9.17, 15) is 4.79 Å². The summed E-state index contributed by atoms with van der Waals surface area (Å²) in [6.07, 6.45) is 4.26. The van der Waals surface area contributed by atoms with Crippen LogP contribution < -0.4 is 9.64 Å². The van der Waals surface area contributed by atoms with Gasteiger partial charge in [-0.25, -0.2) is 4.98 Å². The first-order chi connectivity index (χ1) is 12.2. The van der Waals surface area contributed by atoms with Crippen molar-refractivity contribution in [1.82, 2.24) is 9.97 Å². The van der Waals surface area contributed by atoms with Crippen LogP contribution in [0.25, 0.3) is 0 Å². The van der Waals surface area contributed by atoms with Crippen LogP contribution in [0.3, 0.4) is 0 Å². The van der Waals surface area contributed by atoms with Crippen LogP contribution in [0.5, 0.6) is 5.75 Å². The molecule has 0 saturated carbocycles. The van der Waals surface area contributed by atoms with E-state index in [1.807, 2.05) is 42.2 Å². The zero-order valence-electron chi connectivity index (χ0n) is 13.8. The Morgan fingerprint density at radius 1 is 1.28 bits per heavy atom. The summed E-state index contributed by atoms with van der Waals surface area (Å²) in [4.78, 5) is 24.0. The van der Waals surface area contributed by atoms with E-state index in [0.717, 1.165) is 29.4 Å². The first-order valence-corrected chi connectivity index (χ1v) is 8.93. The molecule has 3 aromatic rings. The van der Waals surface area contributed by atoms with E-state index in [-0.39, 0.29) is 5.91 Å². The molecule has 0 spiro atoms. The van der Waals surface area contributed by atoms with Gasteiger partial charge in [0.05, 0.1) is 11.9 Å². The van der Waals surface area contributed by atoms with Crippen molar-refractivity contribution in [1.29, 1.82) is 0 Å². The van der Waals surface area contributed by atoms with E-state index in [0.29, 0.717) is 17.2 Å². The third-order valence-corrected chi connectivity index (χ3v) is 5.28. The van der Waals surface area contributed by atoms with E-state index >= 15 is 0 Å². The van der Waals surface area contributed by atoms with Gasteiger partial charge in [0.15, 0.2) is 0 Å². The lowest BCUT2D eigenvalue weighted by Crippen LogP contribution is -2.28. The molecule has 0 aliphatic carbocycles. The molecular formula is C19H17N3O2S. The maximum absolute atomic E-state index is 13.0. The van der Waals surface area contributed by atoms with Crippen LogP contribution in [-0.2, 0) is 13.0 Å². The first kappa shape index (κ1) is 15.8. The molecule has 1 amide bonds. The maximum Gasteiger partial charge on any atom is 0.270 e. The Labute approximate surface area is 149 Å². The number of aryl methyl sites for hydroxylation is 1. The Bertz CT molecular complexity index is 908. The maximum atomic E-state index is 13.0. The van der Waals surface area contributed by atoms with Gasteiger partial charge in [0.2, 0.25) is 0 Å². The van der Waals surface area contributed by atoms with Gasteiger partial charge in [-0.15, -0.1) is 11.3 Å². The molecule has 0 fully saturated rings. The average molecular weight is 351 g/mol. The van der Waals surface area contributed by atoms with Crippen LogP contribution in [-0.4, -0.2) is 22.4 Å². The Kier molecular flexibility index (Phi) is 4.19. The molecule has 0 bridgehead atoms. The molecule has 0 N–H and O–H groups in total. The van der Waals surface area contributed by atoms with E-state index in [2.05, 4.69) is 16.0 Å². The highest BCUT2D eigenvalue weighted by atomic mass is 32.1. The van der Waals surface area contributed by atoms with Crippen molar-refractivity contribution in [2.45, 2.75) is 20.0 Å². The van der Waals surface area contributed by atoms with E-state index < -0.39 is 0 Å². The third kappa shape index (κ3) is 3.13. The fourth-order valence-electron chi connectivity index (χ4n) is 2.96. The number of anilines is 1. The molecular weight excluding hydrogens is 334 g/mol. The lowest BCUT2D eigenvalue weighted by molar-refractivity contribution is 0.0992. The number of pyridine rings is 1. The van der Waals surface area contributed by atoms with Gasteiger partial charge in [0, 0.05) is 18.4 Å². The molecule has 126 valence electrons. The van der Waals surface area contributed by atoms with Gasteiger partial charge >= 0.3 is 0 Å². The van der Waals surface area contributed by atoms with Crippen LogP contribution in [0, 0.1) is 6.92 Å². The molecule has 2 aromatic heterocycles. The van der Waals surface area contributed by atoms with Crippen molar-refractivity contribution < 1.29 is 9.53 Å². The highest BCUT2D eigenvalue weighted by molar-refractivity contribution is 7.13. The summed E-state index contributed by atoms with van der Waals surface area (Å²) >= 11 is 1.40. The molecule has 1 aliphatic heterocycles. The quantitative estimate of drug-likeness (QED) is 0.720. The minimum Gasteiger partial charge on any atom is -0.485 e. The van der Waals surface area contributed by atoms with Crippen molar-refractivity contribution in [3.8, 4) is 5.75 Å². The number of carbonyl (C=O) groups excluding carboxylic acids is 1. The van der Waals surface area contributed by atoms with Gasteiger partial charge in [-0.1, -0.05) is 18.2 Å². The number of rotatable bonds is 4. The molecule has 0 radical (unpaired) electrons. The van der Waals surface area contributed by atoms with Crippen molar-refractivity contribution >= 4 is 22.9 Å². The predicted octanol–water partition coefficient (Wildman–Crippen LogP) is 3.63. The summed E-state index contributed by atoms with van der Waals surface area (Å²) in [5.74, 6) is 0.712. The number of ether oxygens (including phenoxy) is 1. The molecule has 5 nitrogen and oxygen atoms in total. The smallest absolute Gasteiger partial charge is 0.270 e. The Morgan fingerprint density at radius 2 is 2.16 bits per heavy atom. The first-order valence-electron chi connectivity index (χ1n) is 8.11. The van der Waals surface area contributed by atoms with E-state index in [1.54, 1.807) is 12.4 Å². The number of hydrogen-bond donors (Lipinski definition) is 0. The highest BCUT2D eigenvalue weighted by Gasteiger charge is 2.28. The molecule has 0 unspecified atom stereocenters. The molecule has 1 aliphatic rings. The summed E-state index contributed by atoms with van der Waals surface area (Å²) < 4.78 is 5.68. The van der Waals surface area contributed by atoms with Gasteiger partial charge in [-0.05, 0) is 37.1 Å². The standard InChI is InChI=1S/C19H17N3O2S/c1-13-18(19(23)22-10-8-14-5-2-3-7-16(14)22)25-17(21-13)12-24-15-6-4-9-20-11-15/h2-7,9,11H,8,10,12H2,1H3. The van der Waals surface area contributed by atoms with Crippen molar-refractivity contribution in [3.63, 3.8) is 0 Å². The topological polar surface area (TPSA) is 55.3 Å². The van der Waals surface area contributed by atoms with Crippen molar-refractivity contribution in [2.75, 3.05) is 11.4 Å². The predicted molar refractivity (Wildman–Crippen MR) is 97.2 cm³/mol. The lowest BCUT2D eigenvalue weighted by atomic mass is 10.2. The second kappa shape index (κ2) is 6.64. The van der Waals surface area contributed by atoms with Crippen LogP contribution in [0.2, 0.25) is 0 Å². The average Bonchev–Trinajstić information content (AvgIpc) is 3.24. The molecule has 1 aromatic carbocycles. The third-order valence-electron chi connectivity index (χ3n) is 4.16. The van der Waals surface area contributed by atoms with Gasteiger partial charge in [-0.2, -0.15) is 0 Å². The number of benzene rings is 1. The number of hydrogen-bond acceptors (Lipinski definition) is 5. The molecule has 3 heterocycles. The Morgan fingerprint density at radius 3 is 3.00 bits per heavy atom. The number of nitrogens with zero attached hydrogens (tertiary/aromatic N) is 3. The van der Waals surface area contributed by atoms with Crippen molar-refractivity contribution in [3.05, 3.63) is 69.9 Å². The SMILES string of the molecule is Cc1nc(COc2cccnc2)sc1C(=O)N1CCc2ccccc21. The summed E-state index contributed by atoms with van der Waals surface area (Å²) in [6.45, 7) is 2.93. The van der Waals surface area contributed by atoms with Crippen molar-refractivity contribution in [2.24, 2.45) is 0 Å². The minimum atomic E-state index is 0.0209. The summed E-state index contributed by atoms with van der Waals surface area (Å²) in [5, 5.41) is 0.789. The van der Waals surface area contributed by atoms with Gasteiger partial charge in [-0.3, -0.25) is 9.78 Å². The van der Waals surface area contributed by atoms with Crippen LogP contribution in [0.15, 0.2) is 48.8 Å². The van der Waals surface area contributed by atoms with Gasteiger partial charge in [0.1, 0.15) is 22.2 Å². The molecule has 25 heavy (non-hydrogen) atoms.